The highest BCUT2D eigenvalue weighted by Crippen LogP contribution is 2.39. The molecule has 39 heavy (non-hydrogen) atoms. The Morgan fingerprint density at radius 3 is 1.69 bits per heavy atom. The molecule has 7 aromatic rings. The maximum atomic E-state index is 6.06. The number of benzene rings is 6. The second kappa shape index (κ2) is 9.70. The lowest BCUT2D eigenvalue weighted by Crippen LogP contribution is -2.11. The van der Waals surface area contributed by atoms with E-state index in [2.05, 4.69) is 143 Å². The molecule has 0 N–H and O–H groups in total. The fourth-order valence-corrected chi connectivity index (χ4v) is 5.46. The standard InChI is InChI=1S/C36H25BN2/c37-28-17-21-31(22-18-28)38(30-19-15-27(16-20-30)26-9-3-1-4-10-26)32-23-24-36-34(25-32)33-13-7-8-14-35(33)39(36)29-11-5-2-6-12-29/h1-25H. The molecule has 1 heterocycles. The number of nitrogens with zero attached hydrogens (tertiary/aromatic N) is 2. The van der Waals surface area contributed by atoms with E-state index < -0.39 is 0 Å². The van der Waals surface area contributed by atoms with Crippen LogP contribution in [0, 0.1) is 0 Å². The summed E-state index contributed by atoms with van der Waals surface area (Å²) in [7, 11) is 6.06. The van der Waals surface area contributed by atoms with E-state index in [-0.39, 0.29) is 0 Å². The summed E-state index contributed by atoms with van der Waals surface area (Å²) >= 11 is 0. The summed E-state index contributed by atoms with van der Waals surface area (Å²) in [5, 5.41) is 2.45. The van der Waals surface area contributed by atoms with Gasteiger partial charge in [0.15, 0.2) is 0 Å². The largest absolute Gasteiger partial charge is 0.310 e. The van der Waals surface area contributed by atoms with Gasteiger partial charge < -0.3 is 9.47 Å². The second-order valence-corrected chi connectivity index (χ2v) is 9.73. The molecular formula is C36H25BN2. The fourth-order valence-electron chi connectivity index (χ4n) is 5.46. The van der Waals surface area contributed by atoms with Crippen LogP contribution in [-0.4, -0.2) is 12.4 Å². The van der Waals surface area contributed by atoms with Gasteiger partial charge in [-0.2, -0.15) is 0 Å². The number of rotatable bonds is 5. The Morgan fingerprint density at radius 2 is 0.974 bits per heavy atom. The van der Waals surface area contributed by atoms with Crippen molar-refractivity contribution in [3.63, 3.8) is 0 Å². The molecule has 3 heteroatoms. The zero-order valence-corrected chi connectivity index (χ0v) is 21.4. The molecule has 0 amide bonds. The molecule has 0 aliphatic heterocycles. The van der Waals surface area contributed by atoms with Gasteiger partial charge in [0, 0.05) is 33.5 Å². The lowest BCUT2D eigenvalue weighted by Gasteiger charge is -2.26. The Hall–Kier alpha value is -5.02. The minimum absolute atomic E-state index is 0.750. The molecule has 0 saturated carbocycles. The first kappa shape index (κ1) is 23.1. The van der Waals surface area contributed by atoms with Crippen molar-refractivity contribution in [1.29, 1.82) is 0 Å². The molecule has 0 bridgehead atoms. The SMILES string of the molecule is [B]c1ccc(N(c2ccc(-c3ccccc3)cc2)c2ccc3c(c2)c2ccccc2n3-c2ccccc2)cc1. The van der Waals surface area contributed by atoms with Crippen LogP contribution in [-0.2, 0) is 0 Å². The first-order valence-electron chi connectivity index (χ1n) is 13.2. The smallest absolute Gasteiger partial charge is 0.113 e. The van der Waals surface area contributed by atoms with Crippen molar-refractivity contribution in [3.05, 3.63) is 152 Å². The topological polar surface area (TPSA) is 8.17 Å². The monoisotopic (exact) mass is 496 g/mol. The van der Waals surface area contributed by atoms with Crippen LogP contribution in [0.25, 0.3) is 38.6 Å². The van der Waals surface area contributed by atoms with E-state index in [0.717, 1.165) is 28.2 Å². The van der Waals surface area contributed by atoms with Crippen molar-refractivity contribution in [1.82, 2.24) is 4.57 Å². The van der Waals surface area contributed by atoms with Gasteiger partial charge >= 0.3 is 0 Å². The highest BCUT2D eigenvalue weighted by atomic mass is 15.1. The van der Waals surface area contributed by atoms with E-state index in [1.807, 2.05) is 18.2 Å². The number of hydrogen-bond donors (Lipinski definition) is 0. The minimum atomic E-state index is 0.750. The van der Waals surface area contributed by atoms with Crippen molar-refractivity contribution in [2.45, 2.75) is 0 Å². The number of anilines is 3. The zero-order chi connectivity index (χ0) is 26.2. The lowest BCUT2D eigenvalue weighted by atomic mass is 9.96. The van der Waals surface area contributed by atoms with Crippen molar-refractivity contribution in [2.75, 3.05) is 4.90 Å². The summed E-state index contributed by atoms with van der Waals surface area (Å²) in [5.74, 6) is 0. The van der Waals surface area contributed by atoms with Gasteiger partial charge in [0.05, 0.1) is 11.0 Å². The molecule has 2 radical (unpaired) electrons. The van der Waals surface area contributed by atoms with Gasteiger partial charge in [-0.1, -0.05) is 96.5 Å². The Balaban J connectivity index is 1.41. The van der Waals surface area contributed by atoms with E-state index in [4.69, 9.17) is 7.85 Å². The van der Waals surface area contributed by atoms with E-state index in [1.165, 1.54) is 32.9 Å². The third-order valence-electron chi connectivity index (χ3n) is 7.31. The number of aromatic nitrogens is 1. The zero-order valence-electron chi connectivity index (χ0n) is 21.4. The first-order chi connectivity index (χ1) is 19.3. The molecule has 182 valence electrons. The fraction of sp³-hybridized carbons (Fsp3) is 0. The molecule has 0 spiro atoms. The van der Waals surface area contributed by atoms with Crippen molar-refractivity contribution in [3.8, 4) is 16.8 Å². The van der Waals surface area contributed by atoms with E-state index in [1.54, 1.807) is 0 Å². The van der Waals surface area contributed by atoms with Crippen molar-refractivity contribution in [2.24, 2.45) is 0 Å². The molecule has 0 aliphatic rings. The predicted octanol–water partition coefficient (Wildman–Crippen LogP) is 8.71. The summed E-state index contributed by atoms with van der Waals surface area (Å²) in [4.78, 5) is 2.29. The van der Waals surface area contributed by atoms with Gasteiger partial charge in [0.1, 0.15) is 7.85 Å². The summed E-state index contributed by atoms with van der Waals surface area (Å²) in [6.45, 7) is 0. The Bertz CT molecular complexity index is 1890. The number of para-hydroxylation sites is 2. The van der Waals surface area contributed by atoms with Crippen LogP contribution in [0.15, 0.2) is 152 Å². The lowest BCUT2D eigenvalue weighted by molar-refractivity contribution is 1.18. The van der Waals surface area contributed by atoms with Gasteiger partial charge in [-0.25, -0.2) is 0 Å². The number of hydrogen-bond acceptors (Lipinski definition) is 1. The van der Waals surface area contributed by atoms with E-state index in [0.29, 0.717) is 0 Å². The van der Waals surface area contributed by atoms with Crippen molar-refractivity contribution >= 4 is 52.2 Å². The molecule has 0 atom stereocenters. The maximum Gasteiger partial charge on any atom is 0.113 e. The highest BCUT2D eigenvalue weighted by Gasteiger charge is 2.17. The van der Waals surface area contributed by atoms with Crippen LogP contribution >= 0.6 is 0 Å². The highest BCUT2D eigenvalue weighted by molar-refractivity contribution is 6.32. The quantitative estimate of drug-likeness (QED) is 0.216. The Labute approximate surface area is 229 Å². The molecular weight excluding hydrogens is 471 g/mol. The molecule has 0 unspecified atom stereocenters. The summed E-state index contributed by atoms with van der Waals surface area (Å²) in [6.07, 6.45) is 0. The molecule has 0 fully saturated rings. The van der Waals surface area contributed by atoms with Crippen LogP contribution in [0.2, 0.25) is 0 Å². The molecule has 7 rings (SSSR count). The van der Waals surface area contributed by atoms with Gasteiger partial charge in [-0.3, -0.25) is 0 Å². The molecule has 2 nitrogen and oxygen atoms in total. The van der Waals surface area contributed by atoms with E-state index in [9.17, 15) is 0 Å². The molecule has 1 aromatic heterocycles. The van der Waals surface area contributed by atoms with Gasteiger partial charge in [-0.15, -0.1) is 0 Å². The summed E-state index contributed by atoms with van der Waals surface area (Å²) in [5.41, 5.74) is 9.92. The van der Waals surface area contributed by atoms with Crippen LogP contribution in [0.1, 0.15) is 0 Å². The molecule has 0 saturated heterocycles. The Morgan fingerprint density at radius 1 is 0.436 bits per heavy atom. The van der Waals surface area contributed by atoms with E-state index >= 15 is 0 Å². The first-order valence-corrected chi connectivity index (χ1v) is 13.2. The average molecular weight is 496 g/mol. The predicted molar refractivity (Wildman–Crippen MR) is 166 cm³/mol. The second-order valence-electron chi connectivity index (χ2n) is 9.73. The third-order valence-corrected chi connectivity index (χ3v) is 7.31. The van der Waals surface area contributed by atoms with Crippen LogP contribution < -0.4 is 10.4 Å². The van der Waals surface area contributed by atoms with Gasteiger partial charge in [-0.05, 0) is 71.8 Å². The van der Waals surface area contributed by atoms with Crippen LogP contribution in [0.5, 0.6) is 0 Å². The van der Waals surface area contributed by atoms with Crippen LogP contribution in [0.4, 0.5) is 17.1 Å². The number of fused-ring (bicyclic) bond motifs is 3. The molecule has 0 aliphatic carbocycles. The maximum absolute atomic E-state index is 6.06. The molecule has 6 aromatic carbocycles. The van der Waals surface area contributed by atoms with Crippen molar-refractivity contribution < 1.29 is 0 Å². The average Bonchev–Trinajstić information content (AvgIpc) is 3.33. The summed E-state index contributed by atoms with van der Waals surface area (Å²) < 4.78 is 2.34. The minimum Gasteiger partial charge on any atom is -0.310 e. The van der Waals surface area contributed by atoms with Crippen LogP contribution in [0.3, 0.4) is 0 Å². The third kappa shape index (κ3) is 4.19. The van der Waals surface area contributed by atoms with Gasteiger partial charge in [0.25, 0.3) is 0 Å². The normalized spacial score (nSPS) is 11.2. The van der Waals surface area contributed by atoms with Gasteiger partial charge in [0.2, 0.25) is 0 Å². The Kier molecular flexibility index (Phi) is 5.75. The summed E-state index contributed by atoms with van der Waals surface area (Å²) in [6, 6.07) is 53.3.